The fourth-order valence-corrected chi connectivity index (χ4v) is 2.96. The lowest BCUT2D eigenvalue weighted by Gasteiger charge is -2.35. The summed E-state index contributed by atoms with van der Waals surface area (Å²) in [6, 6.07) is 0.170. The van der Waals surface area contributed by atoms with Gasteiger partial charge in [-0.2, -0.15) is 0 Å². The molecule has 4 atom stereocenters. The van der Waals surface area contributed by atoms with Gasteiger partial charge in [0.05, 0.1) is 19.1 Å². The Balaban J connectivity index is 2.25. The van der Waals surface area contributed by atoms with Gasteiger partial charge in [0, 0.05) is 12.6 Å². The summed E-state index contributed by atoms with van der Waals surface area (Å²) in [5.41, 5.74) is -1.93. The highest BCUT2D eigenvalue weighted by Gasteiger charge is 2.68. The summed E-state index contributed by atoms with van der Waals surface area (Å²) in [7, 11) is 0. The summed E-state index contributed by atoms with van der Waals surface area (Å²) in [6.07, 6.45) is 0.540. The minimum absolute atomic E-state index is 0.170. The van der Waals surface area contributed by atoms with E-state index in [2.05, 4.69) is 0 Å². The van der Waals surface area contributed by atoms with Crippen LogP contribution in [0.3, 0.4) is 0 Å². The first-order valence-electron chi connectivity index (χ1n) is 7.04. The molecule has 0 aromatic carbocycles. The molecule has 2 heterocycles. The molecule has 2 fully saturated rings. The SMILES string of the molecule is CCOC(=O)[C@H]1C[C@@H]2CN2C1(CO)C(=O)OC(C)(C)C. The Kier molecular flexibility index (Phi) is 3.81. The molecule has 0 aromatic heterocycles. The van der Waals surface area contributed by atoms with Gasteiger partial charge in [-0.05, 0) is 34.1 Å². The first kappa shape index (κ1) is 15.3. The smallest absolute Gasteiger partial charge is 0.330 e. The lowest BCUT2D eigenvalue weighted by molar-refractivity contribution is -0.177. The summed E-state index contributed by atoms with van der Waals surface area (Å²) in [5.74, 6) is -1.62. The summed E-state index contributed by atoms with van der Waals surface area (Å²) >= 11 is 0. The third kappa shape index (κ3) is 2.42. The number of ether oxygens (including phenoxy) is 2. The van der Waals surface area contributed by atoms with E-state index in [1.165, 1.54) is 0 Å². The number of nitrogens with zero attached hydrogens (tertiary/aromatic N) is 1. The van der Waals surface area contributed by atoms with Gasteiger partial charge >= 0.3 is 11.9 Å². The average Bonchev–Trinajstić information content (AvgIpc) is 3.01. The van der Waals surface area contributed by atoms with Gasteiger partial charge in [-0.1, -0.05) is 0 Å². The number of aliphatic hydroxyl groups is 1. The summed E-state index contributed by atoms with van der Waals surface area (Å²) in [6.45, 7) is 7.58. The number of esters is 2. The van der Waals surface area contributed by atoms with Gasteiger partial charge in [0.15, 0.2) is 5.54 Å². The average molecular weight is 285 g/mol. The molecule has 1 N–H and O–H groups in total. The Morgan fingerprint density at radius 3 is 2.55 bits per heavy atom. The fourth-order valence-electron chi connectivity index (χ4n) is 2.96. The molecule has 2 unspecified atom stereocenters. The van der Waals surface area contributed by atoms with Gasteiger partial charge < -0.3 is 14.6 Å². The molecular formula is C14H23NO5. The second-order valence-corrected chi connectivity index (χ2v) is 6.43. The number of aliphatic hydroxyl groups excluding tert-OH is 1. The number of carbonyl (C=O) groups excluding carboxylic acids is 2. The highest BCUT2D eigenvalue weighted by atomic mass is 16.6. The Labute approximate surface area is 119 Å². The van der Waals surface area contributed by atoms with Crippen molar-refractivity contribution >= 4 is 11.9 Å². The van der Waals surface area contributed by atoms with Gasteiger partial charge in [0.2, 0.25) is 0 Å². The monoisotopic (exact) mass is 285 g/mol. The fraction of sp³-hybridized carbons (Fsp3) is 0.857. The zero-order valence-corrected chi connectivity index (χ0v) is 12.5. The molecule has 6 heteroatoms. The number of hydrogen-bond donors (Lipinski definition) is 1. The molecule has 6 nitrogen and oxygen atoms in total. The van der Waals surface area contributed by atoms with Crippen molar-refractivity contribution in [3.63, 3.8) is 0 Å². The standard InChI is InChI=1S/C14H23NO5/c1-5-19-11(17)10-6-9-7-15(9)14(10,8-16)12(18)20-13(2,3)4/h9-10,16H,5-8H2,1-4H3/t9-,10-,14?,15?/m1/s1. The first-order chi connectivity index (χ1) is 9.26. The molecule has 0 radical (unpaired) electrons. The normalized spacial score (nSPS) is 35.4. The number of piperidine rings is 1. The van der Waals surface area contributed by atoms with Crippen molar-refractivity contribution < 1.29 is 24.2 Å². The van der Waals surface area contributed by atoms with Gasteiger partial charge in [-0.3, -0.25) is 9.69 Å². The van der Waals surface area contributed by atoms with E-state index in [1.54, 1.807) is 27.7 Å². The Morgan fingerprint density at radius 2 is 2.05 bits per heavy atom. The van der Waals surface area contributed by atoms with E-state index in [0.717, 1.165) is 6.54 Å². The van der Waals surface area contributed by atoms with Gasteiger partial charge in [-0.15, -0.1) is 0 Å². The van der Waals surface area contributed by atoms with Crippen LogP contribution in [0, 0.1) is 5.92 Å². The van der Waals surface area contributed by atoms with E-state index in [0.29, 0.717) is 6.42 Å². The highest BCUT2D eigenvalue weighted by Crippen LogP contribution is 2.49. The van der Waals surface area contributed by atoms with Crippen LogP contribution >= 0.6 is 0 Å². The van der Waals surface area contributed by atoms with Crippen LogP contribution in [0.25, 0.3) is 0 Å². The van der Waals surface area contributed by atoms with E-state index in [9.17, 15) is 14.7 Å². The molecule has 0 bridgehead atoms. The van der Waals surface area contributed by atoms with Crippen molar-refractivity contribution in [2.24, 2.45) is 5.92 Å². The minimum Gasteiger partial charge on any atom is -0.466 e. The topological polar surface area (TPSA) is 75.8 Å². The van der Waals surface area contributed by atoms with Crippen molar-refractivity contribution in [3.8, 4) is 0 Å². The van der Waals surface area contributed by atoms with E-state index < -0.39 is 35.6 Å². The third-order valence-corrected chi connectivity index (χ3v) is 3.88. The maximum atomic E-state index is 12.5. The van der Waals surface area contributed by atoms with Crippen LogP contribution in [0.15, 0.2) is 0 Å². The molecule has 0 aromatic rings. The molecule has 0 spiro atoms. The summed E-state index contributed by atoms with van der Waals surface area (Å²) < 4.78 is 10.5. The Hall–Kier alpha value is -1.14. The Morgan fingerprint density at radius 1 is 1.40 bits per heavy atom. The van der Waals surface area contributed by atoms with Crippen molar-refractivity contribution in [2.45, 2.75) is 51.3 Å². The zero-order chi connectivity index (χ0) is 15.1. The lowest BCUT2D eigenvalue weighted by atomic mass is 9.83. The maximum absolute atomic E-state index is 12.5. The number of carbonyl (C=O) groups is 2. The zero-order valence-electron chi connectivity index (χ0n) is 12.5. The van der Waals surface area contributed by atoms with Crippen molar-refractivity contribution in [1.82, 2.24) is 4.90 Å². The maximum Gasteiger partial charge on any atom is 0.330 e. The molecule has 0 amide bonds. The van der Waals surface area contributed by atoms with Crippen molar-refractivity contribution in [1.29, 1.82) is 0 Å². The molecule has 0 saturated carbocycles. The number of hydrogen-bond acceptors (Lipinski definition) is 6. The molecule has 2 saturated heterocycles. The molecule has 2 aliphatic rings. The molecule has 2 aliphatic heterocycles. The van der Waals surface area contributed by atoms with Gasteiger partial charge in [0.1, 0.15) is 5.60 Å². The van der Waals surface area contributed by atoms with E-state index in [4.69, 9.17) is 9.47 Å². The summed E-state index contributed by atoms with van der Waals surface area (Å²) in [5, 5.41) is 9.82. The van der Waals surface area contributed by atoms with E-state index >= 15 is 0 Å². The predicted octanol–water partition coefficient (Wildman–Crippen LogP) is 0.326. The molecule has 2 rings (SSSR count). The second kappa shape index (κ2) is 5.00. The van der Waals surface area contributed by atoms with Crippen LogP contribution < -0.4 is 0 Å². The van der Waals surface area contributed by atoms with Crippen LogP contribution in [-0.2, 0) is 19.1 Å². The first-order valence-corrected chi connectivity index (χ1v) is 7.04. The predicted molar refractivity (Wildman–Crippen MR) is 70.9 cm³/mol. The highest BCUT2D eigenvalue weighted by molar-refractivity contribution is 5.91. The van der Waals surface area contributed by atoms with Crippen LogP contribution in [-0.4, -0.2) is 58.9 Å². The van der Waals surface area contributed by atoms with E-state index in [-0.39, 0.29) is 12.6 Å². The molecule has 0 aliphatic carbocycles. The lowest BCUT2D eigenvalue weighted by Crippen LogP contribution is -2.57. The van der Waals surface area contributed by atoms with Crippen molar-refractivity contribution in [3.05, 3.63) is 0 Å². The van der Waals surface area contributed by atoms with Gasteiger partial charge in [-0.25, -0.2) is 4.79 Å². The number of rotatable bonds is 4. The quantitative estimate of drug-likeness (QED) is 0.592. The van der Waals surface area contributed by atoms with Crippen LogP contribution in [0.5, 0.6) is 0 Å². The molecular weight excluding hydrogens is 262 g/mol. The van der Waals surface area contributed by atoms with Crippen LogP contribution in [0.2, 0.25) is 0 Å². The largest absolute Gasteiger partial charge is 0.466 e. The third-order valence-electron chi connectivity index (χ3n) is 3.88. The van der Waals surface area contributed by atoms with Crippen molar-refractivity contribution in [2.75, 3.05) is 19.8 Å². The van der Waals surface area contributed by atoms with Crippen LogP contribution in [0.1, 0.15) is 34.1 Å². The molecule has 114 valence electrons. The Bertz CT molecular complexity index is 416. The van der Waals surface area contributed by atoms with Gasteiger partial charge in [0.25, 0.3) is 0 Å². The number of fused-ring (bicyclic) bond motifs is 1. The minimum atomic E-state index is -1.27. The van der Waals surface area contributed by atoms with Crippen LogP contribution in [0.4, 0.5) is 0 Å². The second-order valence-electron chi connectivity index (χ2n) is 6.43. The summed E-state index contributed by atoms with van der Waals surface area (Å²) in [4.78, 5) is 26.5. The molecule has 20 heavy (non-hydrogen) atoms. The van der Waals surface area contributed by atoms with E-state index in [1.807, 2.05) is 4.90 Å².